The van der Waals surface area contributed by atoms with Crippen LogP contribution in [0.3, 0.4) is 0 Å². The molecule has 0 saturated heterocycles. The van der Waals surface area contributed by atoms with Crippen LogP contribution < -0.4 is 11.1 Å². The molecule has 0 amide bonds. The van der Waals surface area contributed by atoms with Crippen molar-refractivity contribution >= 4 is 43.9 Å². The summed E-state index contributed by atoms with van der Waals surface area (Å²) in [6.45, 7) is 0. The lowest BCUT2D eigenvalue weighted by Crippen LogP contribution is -1.91. The van der Waals surface area contributed by atoms with Crippen LogP contribution >= 0.6 is 15.9 Å². The van der Waals surface area contributed by atoms with Gasteiger partial charge in [-0.1, -0.05) is 22.0 Å². The molecule has 0 spiro atoms. The number of anilines is 3. The van der Waals surface area contributed by atoms with Crippen LogP contribution in [0.2, 0.25) is 0 Å². The molecule has 0 bridgehead atoms. The predicted molar refractivity (Wildman–Crippen MR) is 80.1 cm³/mol. The zero-order chi connectivity index (χ0) is 12.5. The molecular weight excluding hydrogens is 290 g/mol. The number of H-pyrrole nitrogens is 1. The van der Waals surface area contributed by atoms with E-state index < -0.39 is 0 Å². The van der Waals surface area contributed by atoms with Crippen LogP contribution in [0, 0.1) is 0 Å². The molecule has 1 heterocycles. The van der Waals surface area contributed by atoms with Crippen LogP contribution in [-0.2, 0) is 0 Å². The molecule has 0 atom stereocenters. The van der Waals surface area contributed by atoms with Crippen molar-refractivity contribution < 1.29 is 0 Å². The van der Waals surface area contributed by atoms with Crippen LogP contribution in [-0.4, -0.2) is 4.98 Å². The number of nitrogen functional groups attached to an aromatic ring is 1. The average molecular weight is 302 g/mol. The SMILES string of the molecule is Nc1cccc(Nc2c[nH]c3ccc(Br)cc23)c1. The first kappa shape index (κ1) is 11.2. The van der Waals surface area contributed by atoms with Gasteiger partial charge in [0, 0.05) is 32.9 Å². The Morgan fingerprint density at radius 1 is 1.11 bits per heavy atom. The van der Waals surface area contributed by atoms with Crippen molar-refractivity contribution in [2.45, 2.75) is 0 Å². The largest absolute Gasteiger partial charge is 0.399 e. The minimum absolute atomic E-state index is 0.751. The number of nitrogens with one attached hydrogen (secondary N) is 2. The number of halogens is 1. The fraction of sp³-hybridized carbons (Fsp3) is 0. The standard InChI is InChI=1S/C14H12BrN3/c15-9-4-5-13-12(6-9)14(8-17-13)18-11-3-1-2-10(16)7-11/h1-8,17-18H,16H2. The normalized spacial score (nSPS) is 10.7. The van der Waals surface area contributed by atoms with Crippen LogP contribution in [0.1, 0.15) is 0 Å². The first-order valence-corrected chi connectivity index (χ1v) is 6.41. The van der Waals surface area contributed by atoms with E-state index in [1.54, 1.807) is 0 Å². The van der Waals surface area contributed by atoms with Gasteiger partial charge in [0.25, 0.3) is 0 Å². The molecule has 0 aliphatic heterocycles. The van der Waals surface area contributed by atoms with Crippen molar-refractivity contribution in [1.29, 1.82) is 0 Å². The highest BCUT2D eigenvalue weighted by Crippen LogP contribution is 2.29. The molecule has 0 radical (unpaired) electrons. The summed E-state index contributed by atoms with van der Waals surface area (Å²) in [5.74, 6) is 0. The van der Waals surface area contributed by atoms with Gasteiger partial charge in [0.1, 0.15) is 0 Å². The lowest BCUT2D eigenvalue weighted by molar-refractivity contribution is 1.46. The average Bonchev–Trinajstić information content (AvgIpc) is 2.72. The molecule has 0 aliphatic rings. The number of fused-ring (bicyclic) bond motifs is 1. The Morgan fingerprint density at radius 2 is 2.00 bits per heavy atom. The minimum Gasteiger partial charge on any atom is -0.399 e. The maximum atomic E-state index is 5.77. The van der Waals surface area contributed by atoms with Crippen LogP contribution in [0.25, 0.3) is 10.9 Å². The van der Waals surface area contributed by atoms with E-state index in [-0.39, 0.29) is 0 Å². The minimum atomic E-state index is 0.751. The Hall–Kier alpha value is -1.94. The first-order valence-electron chi connectivity index (χ1n) is 5.61. The molecule has 18 heavy (non-hydrogen) atoms. The molecule has 0 fully saturated rings. The summed E-state index contributed by atoms with van der Waals surface area (Å²) in [4.78, 5) is 3.24. The second-order valence-electron chi connectivity index (χ2n) is 4.14. The van der Waals surface area contributed by atoms with Crippen molar-refractivity contribution in [2.24, 2.45) is 0 Å². The first-order chi connectivity index (χ1) is 8.72. The highest BCUT2D eigenvalue weighted by Gasteiger charge is 2.04. The second kappa shape index (κ2) is 4.38. The smallest absolute Gasteiger partial charge is 0.0642 e. The third-order valence-electron chi connectivity index (χ3n) is 2.81. The molecule has 2 aromatic carbocycles. The summed E-state index contributed by atoms with van der Waals surface area (Å²) >= 11 is 3.49. The van der Waals surface area contributed by atoms with Gasteiger partial charge in [-0.25, -0.2) is 0 Å². The van der Waals surface area contributed by atoms with Crippen molar-refractivity contribution in [3.05, 3.63) is 53.1 Å². The number of hydrogen-bond donors (Lipinski definition) is 3. The number of hydrogen-bond acceptors (Lipinski definition) is 2. The van der Waals surface area contributed by atoms with E-state index in [1.165, 1.54) is 0 Å². The molecule has 1 aromatic heterocycles. The van der Waals surface area contributed by atoms with Gasteiger partial charge in [0.15, 0.2) is 0 Å². The Bertz CT molecular complexity index is 703. The van der Waals surface area contributed by atoms with Crippen molar-refractivity contribution in [3.8, 4) is 0 Å². The Balaban J connectivity index is 2.02. The summed E-state index contributed by atoms with van der Waals surface area (Å²) < 4.78 is 1.06. The van der Waals surface area contributed by atoms with E-state index in [2.05, 4.69) is 32.3 Å². The van der Waals surface area contributed by atoms with Crippen molar-refractivity contribution in [3.63, 3.8) is 0 Å². The summed E-state index contributed by atoms with van der Waals surface area (Å²) in [5, 5.41) is 4.51. The zero-order valence-corrected chi connectivity index (χ0v) is 11.2. The predicted octanol–water partition coefficient (Wildman–Crippen LogP) is 4.26. The summed E-state index contributed by atoms with van der Waals surface area (Å²) in [6.07, 6.45) is 1.96. The number of aromatic nitrogens is 1. The molecule has 4 N–H and O–H groups in total. The fourth-order valence-corrected chi connectivity index (χ4v) is 2.33. The summed E-state index contributed by atoms with van der Waals surface area (Å²) in [5.41, 5.74) is 9.64. The zero-order valence-electron chi connectivity index (χ0n) is 9.57. The third-order valence-corrected chi connectivity index (χ3v) is 3.30. The van der Waals surface area contributed by atoms with Gasteiger partial charge in [-0.2, -0.15) is 0 Å². The summed E-state index contributed by atoms with van der Waals surface area (Å²) in [7, 11) is 0. The van der Waals surface area contributed by atoms with E-state index in [4.69, 9.17) is 5.73 Å². The monoisotopic (exact) mass is 301 g/mol. The molecule has 3 nitrogen and oxygen atoms in total. The van der Waals surface area contributed by atoms with Gasteiger partial charge in [0.2, 0.25) is 0 Å². The van der Waals surface area contributed by atoms with Crippen LogP contribution in [0.5, 0.6) is 0 Å². The molecule has 0 aliphatic carbocycles. The number of aromatic amines is 1. The Morgan fingerprint density at radius 3 is 2.83 bits per heavy atom. The fourth-order valence-electron chi connectivity index (χ4n) is 1.97. The van der Waals surface area contributed by atoms with E-state index in [9.17, 15) is 0 Å². The maximum Gasteiger partial charge on any atom is 0.0642 e. The molecule has 3 aromatic rings. The lowest BCUT2D eigenvalue weighted by Gasteiger charge is -2.05. The van der Waals surface area contributed by atoms with E-state index >= 15 is 0 Å². The molecule has 0 saturated carbocycles. The van der Waals surface area contributed by atoms with Gasteiger partial charge >= 0.3 is 0 Å². The van der Waals surface area contributed by atoms with Crippen molar-refractivity contribution in [2.75, 3.05) is 11.1 Å². The van der Waals surface area contributed by atoms with E-state index in [0.29, 0.717) is 0 Å². The van der Waals surface area contributed by atoms with Crippen molar-refractivity contribution in [1.82, 2.24) is 4.98 Å². The third kappa shape index (κ3) is 2.07. The highest BCUT2D eigenvalue weighted by molar-refractivity contribution is 9.10. The summed E-state index contributed by atoms with van der Waals surface area (Å²) in [6, 6.07) is 13.9. The topological polar surface area (TPSA) is 53.8 Å². The Labute approximate surface area is 113 Å². The Kier molecular flexibility index (Phi) is 2.72. The van der Waals surface area contributed by atoms with Crippen LogP contribution in [0.4, 0.5) is 17.1 Å². The molecule has 0 unspecified atom stereocenters. The molecular formula is C14H12BrN3. The van der Waals surface area contributed by atoms with Gasteiger partial charge in [0.05, 0.1) is 5.69 Å². The number of nitrogens with two attached hydrogens (primary N) is 1. The number of benzene rings is 2. The van der Waals surface area contributed by atoms with Gasteiger partial charge in [-0.05, 0) is 36.4 Å². The quantitative estimate of drug-likeness (QED) is 0.620. The highest BCUT2D eigenvalue weighted by atomic mass is 79.9. The van der Waals surface area contributed by atoms with Gasteiger partial charge < -0.3 is 16.0 Å². The van der Waals surface area contributed by atoms with Gasteiger partial charge in [-0.15, -0.1) is 0 Å². The molecule has 90 valence electrons. The van der Waals surface area contributed by atoms with E-state index in [0.717, 1.165) is 32.4 Å². The maximum absolute atomic E-state index is 5.77. The lowest BCUT2D eigenvalue weighted by atomic mass is 10.2. The molecule has 4 heteroatoms. The molecule has 3 rings (SSSR count). The van der Waals surface area contributed by atoms with E-state index in [1.807, 2.05) is 42.6 Å². The number of rotatable bonds is 2. The second-order valence-corrected chi connectivity index (χ2v) is 5.06. The van der Waals surface area contributed by atoms with Crippen LogP contribution in [0.15, 0.2) is 53.1 Å². The van der Waals surface area contributed by atoms with Gasteiger partial charge in [-0.3, -0.25) is 0 Å².